The van der Waals surface area contributed by atoms with E-state index < -0.39 is 22.0 Å². The van der Waals surface area contributed by atoms with Crippen LogP contribution in [0.3, 0.4) is 0 Å². The Balaban J connectivity index is 3.95. The molecule has 0 rings (SSSR count). The smallest absolute Gasteiger partial charge is 0.322 e. The maximum absolute atomic E-state index is 11.7. The van der Waals surface area contributed by atoms with Gasteiger partial charge in [-0.3, -0.25) is 4.79 Å². The van der Waals surface area contributed by atoms with Crippen LogP contribution in [-0.2, 0) is 14.8 Å². The highest BCUT2D eigenvalue weighted by Crippen LogP contribution is 2.09. The predicted octanol–water partition coefficient (Wildman–Crippen LogP) is 6.11. The van der Waals surface area contributed by atoms with Gasteiger partial charge in [-0.1, -0.05) is 113 Å². The first-order valence-electron chi connectivity index (χ1n) is 11.3. The van der Waals surface area contributed by atoms with Crippen LogP contribution < -0.4 is 4.72 Å². The van der Waals surface area contributed by atoms with Gasteiger partial charge < -0.3 is 5.11 Å². The average molecular weight is 482 g/mol. The standard InChI is InChI=1S/C25H39NO4S2/c1-2-3-4-5-6-7-8-9-10-11-12-13-14-15-16-17-18-19-20-21-22-32(29,30)26-24(23-31)25(27)28/h11-22,24,26,31H,2-10,23H2,1H3,(H,27,28)/t24-/m0/s1. The van der Waals surface area contributed by atoms with Gasteiger partial charge in [0.05, 0.1) is 0 Å². The third kappa shape index (κ3) is 20.1. The van der Waals surface area contributed by atoms with E-state index in [1.165, 1.54) is 57.4 Å². The molecule has 0 aliphatic heterocycles. The minimum Gasteiger partial charge on any atom is -0.480 e. The normalized spacial score (nSPS) is 14.3. The lowest BCUT2D eigenvalue weighted by atomic mass is 10.1. The quantitative estimate of drug-likeness (QED) is 0.118. The van der Waals surface area contributed by atoms with E-state index in [4.69, 9.17) is 5.11 Å². The lowest BCUT2D eigenvalue weighted by Crippen LogP contribution is -2.41. The lowest BCUT2D eigenvalue weighted by molar-refractivity contribution is -0.138. The van der Waals surface area contributed by atoms with Crippen molar-refractivity contribution in [2.45, 2.75) is 70.8 Å². The van der Waals surface area contributed by atoms with Crippen molar-refractivity contribution < 1.29 is 18.3 Å². The predicted molar refractivity (Wildman–Crippen MR) is 139 cm³/mol. The van der Waals surface area contributed by atoms with Gasteiger partial charge in [0, 0.05) is 11.2 Å². The topological polar surface area (TPSA) is 83.5 Å². The number of allylic oxidation sites excluding steroid dienone is 11. The maximum Gasteiger partial charge on any atom is 0.322 e. The molecule has 0 aliphatic carbocycles. The highest BCUT2D eigenvalue weighted by molar-refractivity contribution is 7.92. The number of thiol groups is 1. The Hall–Kier alpha value is -1.83. The fourth-order valence-electron chi connectivity index (χ4n) is 2.64. The van der Waals surface area contributed by atoms with Gasteiger partial charge >= 0.3 is 5.97 Å². The van der Waals surface area contributed by atoms with Gasteiger partial charge in [0.2, 0.25) is 10.0 Å². The molecule has 0 aliphatic rings. The zero-order valence-electron chi connectivity index (χ0n) is 19.1. The molecule has 1 atom stereocenters. The Kier molecular flexibility index (Phi) is 19.8. The van der Waals surface area contributed by atoms with Crippen LogP contribution in [0.2, 0.25) is 0 Å². The summed E-state index contributed by atoms with van der Waals surface area (Å²) in [6, 6.07) is -1.25. The van der Waals surface area contributed by atoms with Crippen molar-refractivity contribution in [2.75, 3.05) is 5.75 Å². The van der Waals surface area contributed by atoms with E-state index in [2.05, 4.69) is 31.7 Å². The van der Waals surface area contributed by atoms with E-state index in [0.717, 1.165) is 11.8 Å². The Morgan fingerprint density at radius 1 is 0.812 bits per heavy atom. The number of carbonyl (C=O) groups is 1. The van der Waals surface area contributed by atoms with Crippen molar-refractivity contribution in [2.24, 2.45) is 0 Å². The fourth-order valence-corrected chi connectivity index (χ4v) is 3.96. The fraction of sp³-hybridized carbons (Fsp3) is 0.480. The van der Waals surface area contributed by atoms with Crippen molar-refractivity contribution >= 4 is 28.6 Å². The number of sulfonamides is 1. The minimum absolute atomic E-state index is 0.128. The Morgan fingerprint density at radius 2 is 1.28 bits per heavy atom. The van der Waals surface area contributed by atoms with Gasteiger partial charge in [0.15, 0.2) is 0 Å². The number of unbranched alkanes of at least 4 members (excludes halogenated alkanes) is 8. The number of hydrogen-bond acceptors (Lipinski definition) is 4. The molecule has 7 heteroatoms. The van der Waals surface area contributed by atoms with Gasteiger partial charge in [-0.25, -0.2) is 8.42 Å². The zero-order valence-corrected chi connectivity index (χ0v) is 20.8. The molecular formula is C25H39NO4S2. The molecule has 0 heterocycles. The summed E-state index contributed by atoms with van der Waals surface area (Å²) in [4.78, 5) is 10.8. The van der Waals surface area contributed by atoms with Gasteiger partial charge in [-0.2, -0.15) is 17.4 Å². The van der Waals surface area contributed by atoms with E-state index in [-0.39, 0.29) is 5.75 Å². The summed E-state index contributed by atoms with van der Waals surface area (Å²) < 4.78 is 25.5. The van der Waals surface area contributed by atoms with Crippen LogP contribution in [0.4, 0.5) is 0 Å². The first-order valence-corrected chi connectivity index (χ1v) is 13.5. The van der Waals surface area contributed by atoms with Crippen LogP contribution in [0.15, 0.2) is 72.2 Å². The van der Waals surface area contributed by atoms with E-state index in [9.17, 15) is 13.2 Å². The van der Waals surface area contributed by atoms with Crippen molar-refractivity contribution in [3.8, 4) is 0 Å². The molecule has 5 nitrogen and oxygen atoms in total. The van der Waals surface area contributed by atoms with Crippen molar-refractivity contribution in [1.82, 2.24) is 4.72 Å². The second kappa shape index (κ2) is 21.0. The van der Waals surface area contributed by atoms with E-state index in [0.29, 0.717) is 0 Å². The molecule has 180 valence electrons. The molecule has 0 aromatic heterocycles. The van der Waals surface area contributed by atoms with Crippen molar-refractivity contribution in [3.63, 3.8) is 0 Å². The second-order valence-electron chi connectivity index (χ2n) is 7.30. The summed E-state index contributed by atoms with van der Waals surface area (Å²) in [6.07, 6.45) is 32.0. The van der Waals surface area contributed by atoms with Crippen molar-refractivity contribution in [3.05, 3.63) is 72.2 Å². The molecule has 0 aromatic carbocycles. The molecule has 0 saturated carbocycles. The molecular weight excluding hydrogens is 442 g/mol. The first kappa shape index (κ1) is 30.2. The summed E-state index contributed by atoms with van der Waals surface area (Å²) in [5, 5.41) is 9.75. The molecule has 32 heavy (non-hydrogen) atoms. The van der Waals surface area contributed by atoms with Gasteiger partial charge in [0.1, 0.15) is 6.04 Å². The molecule has 0 aromatic rings. The number of rotatable bonds is 19. The lowest BCUT2D eigenvalue weighted by Gasteiger charge is -2.09. The van der Waals surface area contributed by atoms with Gasteiger partial charge in [-0.15, -0.1) is 0 Å². The molecule has 0 bridgehead atoms. The largest absolute Gasteiger partial charge is 0.480 e. The summed E-state index contributed by atoms with van der Waals surface area (Å²) in [7, 11) is -3.83. The molecule has 2 N–H and O–H groups in total. The third-order valence-corrected chi connectivity index (χ3v) is 5.90. The highest BCUT2D eigenvalue weighted by atomic mass is 32.2. The molecule has 0 radical (unpaired) electrons. The van der Waals surface area contributed by atoms with Crippen LogP contribution in [0, 0.1) is 0 Å². The van der Waals surface area contributed by atoms with Gasteiger partial charge in [0.25, 0.3) is 0 Å². The van der Waals surface area contributed by atoms with Gasteiger partial charge in [-0.05, 0) is 18.9 Å². The Morgan fingerprint density at radius 3 is 1.78 bits per heavy atom. The Bertz CT molecular complexity index is 763. The summed E-state index contributed by atoms with van der Waals surface area (Å²) in [5.74, 6) is -1.40. The molecule has 0 fully saturated rings. The molecule has 0 amide bonds. The zero-order chi connectivity index (χ0) is 23.9. The summed E-state index contributed by atoms with van der Waals surface area (Å²) in [6.45, 7) is 2.25. The van der Waals surface area contributed by atoms with E-state index >= 15 is 0 Å². The number of carboxylic acid groups (broad SMARTS) is 1. The van der Waals surface area contributed by atoms with Crippen LogP contribution in [-0.4, -0.2) is 31.3 Å². The average Bonchev–Trinajstić information content (AvgIpc) is 2.76. The van der Waals surface area contributed by atoms with E-state index in [1.54, 1.807) is 18.2 Å². The van der Waals surface area contributed by atoms with Crippen LogP contribution in [0.5, 0.6) is 0 Å². The summed E-state index contributed by atoms with van der Waals surface area (Å²) in [5.41, 5.74) is 0. The SMILES string of the molecule is CCCCCCCCCCC=CC=CC=CC=CC=CC=CS(=O)(=O)N[C@@H](CS)C(=O)O. The molecule has 0 spiro atoms. The summed E-state index contributed by atoms with van der Waals surface area (Å²) >= 11 is 3.81. The number of carboxylic acids is 1. The monoisotopic (exact) mass is 481 g/mol. The maximum atomic E-state index is 11.7. The Labute approximate surface area is 200 Å². The number of aliphatic carboxylic acids is 1. The van der Waals surface area contributed by atoms with E-state index in [1.807, 2.05) is 35.1 Å². The third-order valence-electron chi connectivity index (χ3n) is 4.41. The van der Waals surface area contributed by atoms with Crippen LogP contribution >= 0.6 is 12.6 Å². The van der Waals surface area contributed by atoms with Crippen LogP contribution in [0.1, 0.15) is 64.7 Å². The molecule has 0 unspecified atom stereocenters. The number of nitrogens with one attached hydrogen (secondary N) is 1. The first-order chi connectivity index (χ1) is 15.4. The molecule has 0 saturated heterocycles. The number of hydrogen-bond donors (Lipinski definition) is 3. The second-order valence-corrected chi connectivity index (χ2v) is 9.26. The highest BCUT2D eigenvalue weighted by Gasteiger charge is 2.20. The van der Waals surface area contributed by atoms with Crippen LogP contribution in [0.25, 0.3) is 0 Å². The van der Waals surface area contributed by atoms with Crippen molar-refractivity contribution in [1.29, 1.82) is 0 Å². The minimum atomic E-state index is -3.83.